The predicted octanol–water partition coefficient (Wildman–Crippen LogP) is 2.89. The lowest BCUT2D eigenvalue weighted by molar-refractivity contribution is -0.142. The lowest BCUT2D eigenvalue weighted by atomic mass is 10.3. The summed E-state index contributed by atoms with van der Waals surface area (Å²) in [5.74, 6) is 0.724. The van der Waals surface area contributed by atoms with Crippen molar-refractivity contribution in [3.8, 4) is 0 Å². The number of thiazole rings is 1. The molecule has 1 heterocycles. The quantitative estimate of drug-likeness (QED) is 0.736. The van der Waals surface area contributed by atoms with E-state index in [1.54, 1.807) is 11.3 Å². The zero-order chi connectivity index (χ0) is 12.0. The van der Waals surface area contributed by atoms with E-state index in [0.717, 1.165) is 16.5 Å². The van der Waals surface area contributed by atoms with E-state index < -0.39 is 0 Å². The van der Waals surface area contributed by atoms with E-state index in [-0.39, 0.29) is 12.4 Å². The Hall–Kier alpha value is -0.550. The molecule has 1 rings (SSSR count). The van der Waals surface area contributed by atoms with Gasteiger partial charge >= 0.3 is 5.97 Å². The minimum Gasteiger partial charge on any atom is -0.466 e. The number of hydrogen-bond donors (Lipinski definition) is 0. The summed E-state index contributed by atoms with van der Waals surface area (Å²) in [6.45, 7) is 6.57. The molecule has 1 aromatic rings. The molecule has 0 amide bonds. The number of rotatable bonds is 6. The van der Waals surface area contributed by atoms with Gasteiger partial charge < -0.3 is 4.74 Å². The number of thioether (sulfide) groups is 1. The van der Waals surface area contributed by atoms with Crippen molar-refractivity contribution in [3.63, 3.8) is 0 Å². The molecule has 0 aliphatic carbocycles. The maximum atomic E-state index is 11.2. The van der Waals surface area contributed by atoms with Crippen LogP contribution in [0.4, 0.5) is 0 Å². The van der Waals surface area contributed by atoms with Gasteiger partial charge in [0.2, 0.25) is 0 Å². The average molecular weight is 259 g/mol. The third kappa shape index (κ3) is 4.99. The number of ether oxygens (including phenoxy) is 1. The van der Waals surface area contributed by atoms with Crippen LogP contribution >= 0.6 is 23.1 Å². The minimum atomic E-state index is -0.198. The fraction of sp³-hybridized carbons (Fsp3) is 0.636. The molecule has 0 aromatic carbocycles. The zero-order valence-corrected chi connectivity index (χ0v) is 11.5. The highest BCUT2D eigenvalue weighted by Crippen LogP contribution is 2.20. The molecule has 5 heteroatoms. The SMILES string of the molecule is CCOC(=O)Cc1csc(CSC(C)C)n1. The first-order valence-corrected chi connectivity index (χ1v) is 7.25. The van der Waals surface area contributed by atoms with E-state index >= 15 is 0 Å². The van der Waals surface area contributed by atoms with E-state index in [9.17, 15) is 4.79 Å². The van der Waals surface area contributed by atoms with Crippen LogP contribution in [0.1, 0.15) is 31.5 Å². The summed E-state index contributed by atoms with van der Waals surface area (Å²) in [5.41, 5.74) is 0.822. The number of nitrogens with zero attached hydrogens (tertiary/aromatic N) is 1. The molecule has 0 bridgehead atoms. The normalized spacial score (nSPS) is 10.8. The van der Waals surface area contributed by atoms with Crippen LogP contribution in [0.15, 0.2) is 5.38 Å². The summed E-state index contributed by atoms with van der Waals surface area (Å²) in [6.07, 6.45) is 0.288. The standard InChI is InChI=1S/C11H17NO2S2/c1-4-14-11(13)5-9-6-16-10(12-9)7-15-8(2)3/h6,8H,4-5,7H2,1-3H3. The summed E-state index contributed by atoms with van der Waals surface area (Å²) < 4.78 is 4.87. The molecule has 0 fully saturated rings. The summed E-state index contributed by atoms with van der Waals surface area (Å²) in [4.78, 5) is 15.6. The van der Waals surface area contributed by atoms with Crippen LogP contribution in [-0.2, 0) is 21.7 Å². The number of carbonyl (C=O) groups excluding carboxylic acids is 1. The van der Waals surface area contributed by atoms with Crippen molar-refractivity contribution < 1.29 is 9.53 Å². The first kappa shape index (κ1) is 13.5. The Balaban J connectivity index is 2.42. The zero-order valence-electron chi connectivity index (χ0n) is 9.86. The van der Waals surface area contributed by atoms with E-state index in [4.69, 9.17) is 4.74 Å². The second kappa shape index (κ2) is 6.91. The Morgan fingerprint density at radius 3 is 3.00 bits per heavy atom. The maximum Gasteiger partial charge on any atom is 0.311 e. The van der Waals surface area contributed by atoms with Crippen LogP contribution < -0.4 is 0 Å². The van der Waals surface area contributed by atoms with Gasteiger partial charge in [0.15, 0.2) is 0 Å². The van der Waals surface area contributed by atoms with Gasteiger partial charge in [-0.25, -0.2) is 4.98 Å². The summed E-state index contributed by atoms with van der Waals surface area (Å²) in [7, 11) is 0. The number of esters is 1. The Kier molecular flexibility index (Phi) is 5.84. The molecule has 0 radical (unpaired) electrons. The van der Waals surface area contributed by atoms with Gasteiger partial charge in [0, 0.05) is 11.1 Å². The molecule has 90 valence electrons. The summed E-state index contributed by atoms with van der Waals surface area (Å²) in [5, 5.41) is 3.63. The molecule has 0 unspecified atom stereocenters. The molecule has 0 atom stereocenters. The predicted molar refractivity (Wildman–Crippen MR) is 68.9 cm³/mol. The van der Waals surface area contributed by atoms with Crippen molar-refractivity contribution in [1.82, 2.24) is 4.98 Å². The monoisotopic (exact) mass is 259 g/mol. The van der Waals surface area contributed by atoms with Gasteiger partial charge in [-0.3, -0.25) is 4.79 Å². The van der Waals surface area contributed by atoms with Crippen LogP contribution in [0.5, 0.6) is 0 Å². The Labute approximate surface area is 105 Å². The Morgan fingerprint density at radius 2 is 2.38 bits per heavy atom. The topological polar surface area (TPSA) is 39.2 Å². The molecule has 0 spiro atoms. The van der Waals surface area contributed by atoms with Crippen molar-refractivity contribution in [1.29, 1.82) is 0 Å². The van der Waals surface area contributed by atoms with Gasteiger partial charge in [0.25, 0.3) is 0 Å². The van der Waals surface area contributed by atoms with E-state index in [0.29, 0.717) is 11.9 Å². The molecular weight excluding hydrogens is 242 g/mol. The molecule has 0 aliphatic heterocycles. The molecule has 0 N–H and O–H groups in total. The average Bonchev–Trinajstić information content (AvgIpc) is 2.63. The van der Waals surface area contributed by atoms with Crippen molar-refractivity contribution in [2.24, 2.45) is 0 Å². The van der Waals surface area contributed by atoms with Gasteiger partial charge in [-0.2, -0.15) is 11.8 Å². The number of carbonyl (C=O) groups is 1. The second-order valence-electron chi connectivity index (χ2n) is 3.57. The fourth-order valence-corrected chi connectivity index (χ4v) is 2.69. The second-order valence-corrected chi connectivity index (χ2v) is 6.08. The minimum absolute atomic E-state index is 0.198. The third-order valence-electron chi connectivity index (χ3n) is 1.77. The van der Waals surface area contributed by atoms with Crippen LogP contribution in [0.2, 0.25) is 0 Å². The van der Waals surface area contributed by atoms with Gasteiger partial charge in [-0.1, -0.05) is 13.8 Å². The van der Waals surface area contributed by atoms with Gasteiger partial charge in [-0.15, -0.1) is 11.3 Å². The van der Waals surface area contributed by atoms with Crippen molar-refractivity contribution in [2.45, 2.75) is 38.2 Å². The Morgan fingerprint density at radius 1 is 1.62 bits per heavy atom. The molecular formula is C11H17NO2S2. The number of aromatic nitrogens is 1. The van der Waals surface area contributed by atoms with Gasteiger partial charge in [0.1, 0.15) is 5.01 Å². The molecule has 0 saturated carbocycles. The number of hydrogen-bond acceptors (Lipinski definition) is 5. The molecule has 1 aromatic heterocycles. The van der Waals surface area contributed by atoms with E-state index in [1.807, 2.05) is 24.1 Å². The lowest BCUT2D eigenvalue weighted by Crippen LogP contribution is -2.07. The largest absolute Gasteiger partial charge is 0.466 e. The summed E-state index contributed by atoms with van der Waals surface area (Å²) in [6, 6.07) is 0. The van der Waals surface area contributed by atoms with Crippen LogP contribution in [0.25, 0.3) is 0 Å². The maximum absolute atomic E-state index is 11.2. The van der Waals surface area contributed by atoms with Gasteiger partial charge in [0.05, 0.1) is 18.7 Å². The van der Waals surface area contributed by atoms with E-state index in [1.165, 1.54) is 0 Å². The fourth-order valence-electron chi connectivity index (χ4n) is 1.09. The molecule has 0 saturated heterocycles. The summed E-state index contributed by atoms with van der Waals surface area (Å²) >= 11 is 3.47. The van der Waals surface area contributed by atoms with Gasteiger partial charge in [-0.05, 0) is 12.2 Å². The molecule has 3 nitrogen and oxygen atoms in total. The van der Waals surface area contributed by atoms with Crippen molar-refractivity contribution >= 4 is 29.1 Å². The first-order valence-electron chi connectivity index (χ1n) is 5.32. The first-order chi connectivity index (χ1) is 7.61. The van der Waals surface area contributed by atoms with Crippen molar-refractivity contribution in [3.05, 3.63) is 16.1 Å². The molecule has 0 aliphatic rings. The molecule has 16 heavy (non-hydrogen) atoms. The van der Waals surface area contributed by atoms with Crippen LogP contribution in [0.3, 0.4) is 0 Å². The van der Waals surface area contributed by atoms with Crippen LogP contribution in [0, 0.1) is 0 Å². The Bertz CT molecular complexity index is 336. The van der Waals surface area contributed by atoms with E-state index in [2.05, 4.69) is 18.8 Å². The lowest BCUT2D eigenvalue weighted by Gasteiger charge is -2.01. The highest BCUT2D eigenvalue weighted by molar-refractivity contribution is 7.99. The van der Waals surface area contributed by atoms with Crippen molar-refractivity contribution in [2.75, 3.05) is 6.61 Å². The van der Waals surface area contributed by atoms with Crippen LogP contribution in [-0.4, -0.2) is 22.8 Å². The third-order valence-corrected chi connectivity index (χ3v) is 3.96. The smallest absolute Gasteiger partial charge is 0.311 e. The highest BCUT2D eigenvalue weighted by Gasteiger charge is 2.08. The highest BCUT2D eigenvalue weighted by atomic mass is 32.2.